The van der Waals surface area contributed by atoms with Gasteiger partial charge in [-0.2, -0.15) is 5.10 Å². The summed E-state index contributed by atoms with van der Waals surface area (Å²) in [6, 6.07) is 9.73. The van der Waals surface area contributed by atoms with Gasteiger partial charge in [-0.3, -0.25) is 4.98 Å². The maximum atomic E-state index is 10.8. The van der Waals surface area contributed by atoms with Crippen LogP contribution in [0.15, 0.2) is 42.7 Å². The van der Waals surface area contributed by atoms with E-state index in [1.165, 1.54) is 0 Å². The standard InChI is InChI=1S/C25H32N6O2/c1-16-15-30(11-12-31(16)21-14-26-20(13-27-21)25(4,5)33)24-18(3)17(2)22(28-29-24)23(32)19-9-7-6-8-10-19/h6-10,13-14,16,23,32-33H,11-12,15H2,1-5H3/t16-,23?/m1/s1. The molecule has 174 valence electrons. The van der Waals surface area contributed by atoms with E-state index in [1.54, 1.807) is 26.2 Å². The van der Waals surface area contributed by atoms with E-state index in [-0.39, 0.29) is 6.04 Å². The Kier molecular flexibility index (Phi) is 6.32. The topological polar surface area (TPSA) is 98.5 Å². The first kappa shape index (κ1) is 23.1. The first-order chi connectivity index (χ1) is 15.7. The molecule has 1 aliphatic heterocycles. The number of rotatable bonds is 5. The molecule has 1 saturated heterocycles. The van der Waals surface area contributed by atoms with Crippen molar-refractivity contribution < 1.29 is 10.2 Å². The van der Waals surface area contributed by atoms with Gasteiger partial charge in [0.05, 0.1) is 23.8 Å². The van der Waals surface area contributed by atoms with Gasteiger partial charge in [0.25, 0.3) is 0 Å². The fourth-order valence-corrected chi connectivity index (χ4v) is 4.24. The summed E-state index contributed by atoms with van der Waals surface area (Å²) in [4.78, 5) is 13.4. The highest BCUT2D eigenvalue weighted by atomic mass is 16.3. The van der Waals surface area contributed by atoms with Gasteiger partial charge in [-0.25, -0.2) is 4.98 Å². The summed E-state index contributed by atoms with van der Waals surface area (Å²) in [6.45, 7) is 11.9. The Balaban J connectivity index is 1.50. The Bertz CT molecular complexity index is 1100. The Morgan fingerprint density at radius 2 is 1.73 bits per heavy atom. The van der Waals surface area contributed by atoms with E-state index in [9.17, 15) is 10.2 Å². The van der Waals surface area contributed by atoms with Crippen molar-refractivity contribution in [1.29, 1.82) is 0 Å². The van der Waals surface area contributed by atoms with E-state index in [1.807, 2.05) is 44.2 Å². The van der Waals surface area contributed by atoms with E-state index in [0.717, 1.165) is 48.0 Å². The molecule has 2 atom stereocenters. The molecule has 4 rings (SSSR count). The Labute approximate surface area is 195 Å². The van der Waals surface area contributed by atoms with Crippen molar-refractivity contribution in [2.45, 2.75) is 52.4 Å². The van der Waals surface area contributed by atoms with Gasteiger partial charge in [0.2, 0.25) is 0 Å². The van der Waals surface area contributed by atoms with Crippen LogP contribution in [0.3, 0.4) is 0 Å². The van der Waals surface area contributed by atoms with E-state index >= 15 is 0 Å². The molecule has 3 aromatic rings. The summed E-state index contributed by atoms with van der Waals surface area (Å²) in [5.74, 6) is 1.65. The molecule has 0 amide bonds. The average molecular weight is 449 g/mol. The van der Waals surface area contributed by atoms with Gasteiger partial charge in [0.1, 0.15) is 17.5 Å². The second-order valence-corrected chi connectivity index (χ2v) is 9.28. The molecule has 0 aliphatic carbocycles. The van der Waals surface area contributed by atoms with Crippen LogP contribution >= 0.6 is 0 Å². The lowest BCUT2D eigenvalue weighted by Crippen LogP contribution is -2.53. The van der Waals surface area contributed by atoms with Crippen LogP contribution in [0.1, 0.15) is 55.0 Å². The summed E-state index contributed by atoms with van der Waals surface area (Å²) >= 11 is 0. The third-order valence-corrected chi connectivity index (χ3v) is 6.40. The zero-order valence-electron chi connectivity index (χ0n) is 19.9. The lowest BCUT2D eigenvalue weighted by molar-refractivity contribution is 0.0734. The number of aromatic nitrogens is 4. The molecule has 2 N–H and O–H groups in total. The van der Waals surface area contributed by atoms with Crippen molar-refractivity contribution in [3.05, 3.63) is 70.8 Å². The van der Waals surface area contributed by atoms with Crippen LogP contribution in [-0.2, 0) is 5.60 Å². The zero-order valence-corrected chi connectivity index (χ0v) is 19.9. The van der Waals surface area contributed by atoms with Crippen LogP contribution in [-0.4, -0.2) is 56.1 Å². The molecule has 0 spiro atoms. The van der Waals surface area contributed by atoms with Gasteiger partial charge in [-0.1, -0.05) is 30.3 Å². The SMILES string of the molecule is Cc1c(C(O)c2ccccc2)nnc(N2CCN(c3cnc(C(C)(C)O)cn3)[C@H](C)C2)c1C. The van der Waals surface area contributed by atoms with Crippen LogP contribution in [0.25, 0.3) is 0 Å². The van der Waals surface area contributed by atoms with Gasteiger partial charge in [0, 0.05) is 25.7 Å². The molecule has 33 heavy (non-hydrogen) atoms. The molecule has 0 bridgehead atoms. The van der Waals surface area contributed by atoms with Crippen LogP contribution < -0.4 is 9.80 Å². The summed E-state index contributed by atoms with van der Waals surface area (Å²) in [6.07, 6.45) is 2.58. The highest BCUT2D eigenvalue weighted by Crippen LogP contribution is 2.30. The molecule has 8 heteroatoms. The minimum atomic E-state index is -1.01. The molecule has 8 nitrogen and oxygen atoms in total. The smallest absolute Gasteiger partial charge is 0.154 e. The summed E-state index contributed by atoms with van der Waals surface area (Å²) in [7, 11) is 0. The first-order valence-electron chi connectivity index (χ1n) is 11.3. The molecule has 0 radical (unpaired) electrons. The molecule has 1 unspecified atom stereocenters. The average Bonchev–Trinajstić information content (AvgIpc) is 2.80. The number of aliphatic hydroxyl groups excluding tert-OH is 1. The second-order valence-electron chi connectivity index (χ2n) is 9.28. The lowest BCUT2D eigenvalue weighted by atomic mass is 10.0. The Morgan fingerprint density at radius 1 is 1.00 bits per heavy atom. The van der Waals surface area contributed by atoms with Crippen molar-refractivity contribution in [2.75, 3.05) is 29.4 Å². The molecule has 1 aromatic carbocycles. The zero-order chi connectivity index (χ0) is 23.8. The van der Waals surface area contributed by atoms with Gasteiger partial charge >= 0.3 is 0 Å². The molecule has 1 fully saturated rings. The number of hydrogen-bond acceptors (Lipinski definition) is 8. The number of aliphatic hydroxyl groups is 2. The summed E-state index contributed by atoms with van der Waals surface area (Å²) in [5.41, 5.74) is 2.93. The predicted molar refractivity (Wildman–Crippen MR) is 128 cm³/mol. The fraction of sp³-hybridized carbons (Fsp3) is 0.440. The Morgan fingerprint density at radius 3 is 2.33 bits per heavy atom. The van der Waals surface area contributed by atoms with Crippen LogP contribution in [0.5, 0.6) is 0 Å². The lowest BCUT2D eigenvalue weighted by Gasteiger charge is -2.41. The fourth-order valence-electron chi connectivity index (χ4n) is 4.24. The number of hydrogen-bond donors (Lipinski definition) is 2. The van der Waals surface area contributed by atoms with Gasteiger partial charge in [-0.05, 0) is 51.3 Å². The molecule has 2 aromatic heterocycles. The summed E-state index contributed by atoms with van der Waals surface area (Å²) in [5, 5.41) is 29.9. The number of anilines is 2. The number of benzene rings is 1. The maximum Gasteiger partial charge on any atom is 0.154 e. The van der Waals surface area contributed by atoms with Crippen molar-refractivity contribution >= 4 is 11.6 Å². The minimum Gasteiger partial charge on any atom is -0.384 e. The second kappa shape index (κ2) is 9.03. The minimum absolute atomic E-state index is 0.192. The summed E-state index contributed by atoms with van der Waals surface area (Å²) < 4.78 is 0. The highest BCUT2D eigenvalue weighted by molar-refractivity contribution is 5.53. The van der Waals surface area contributed by atoms with E-state index in [0.29, 0.717) is 11.4 Å². The molecule has 1 aliphatic rings. The van der Waals surface area contributed by atoms with Gasteiger partial charge in [0.15, 0.2) is 5.82 Å². The monoisotopic (exact) mass is 448 g/mol. The van der Waals surface area contributed by atoms with Crippen LogP contribution in [0.4, 0.5) is 11.6 Å². The Hall–Kier alpha value is -3.10. The van der Waals surface area contributed by atoms with Gasteiger partial charge < -0.3 is 20.0 Å². The molecular formula is C25H32N6O2. The van der Waals surface area contributed by atoms with Crippen LogP contribution in [0.2, 0.25) is 0 Å². The van der Waals surface area contributed by atoms with Crippen molar-refractivity contribution in [2.24, 2.45) is 0 Å². The molecule has 3 heterocycles. The highest BCUT2D eigenvalue weighted by Gasteiger charge is 2.29. The maximum absolute atomic E-state index is 10.8. The third-order valence-electron chi connectivity index (χ3n) is 6.40. The predicted octanol–water partition coefficient (Wildman–Crippen LogP) is 2.91. The normalized spacial score (nSPS) is 17.8. The van der Waals surface area contributed by atoms with Crippen LogP contribution in [0, 0.1) is 13.8 Å². The van der Waals surface area contributed by atoms with Gasteiger partial charge in [-0.15, -0.1) is 5.10 Å². The van der Waals surface area contributed by atoms with E-state index in [4.69, 9.17) is 0 Å². The number of piperazine rings is 1. The number of nitrogens with zero attached hydrogens (tertiary/aromatic N) is 6. The quantitative estimate of drug-likeness (QED) is 0.615. The molecule has 0 saturated carbocycles. The van der Waals surface area contributed by atoms with Crippen molar-refractivity contribution in [3.63, 3.8) is 0 Å². The molecular weight excluding hydrogens is 416 g/mol. The van der Waals surface area contributed by atoms with Crippen molar-refractivity contribution in [1.82, 2.24) is 20.2 Å². The first-order valence-corrected chi connectivity index (χ1v) is 11.3. The van der Waals surface area contributed by atoms with E-state index in [2.05, 4.69) is 36.9 Å². The van der Waals surface area contributed by atoms with Crippen molar-refractivity contribution in [3.8, 4) is 0 Å². The largest absolute Gasteiger partial charge is 0.384 e. The third kappa shape index (κ3) is 4.67. The van der Waals surface area contributed by atoms with E-state index < -0.39 is 11.7 Å².